The summed E-state index contributed by atoms with van der Waals surface area (Å²) in [4.78, 5) is 35.7. The Labute approximate surface area is 170 Å². The van der Waals surface area contributed by atoms with Crippen LogP contribution in [0.5, 0.6) is 11.5 Å². The summed E-state index contributed by atoms with van der Waals surface area (Å²) in [6, 6.07) is 12.1. The zero-order valence-electron chi connectivity index (χ0n) is 16.9. The molecule has 2 aromatic rings. The van der Waals surface area contributed by atoms with Gasteiger partial charge in [-0.25, -0.2) is 0 Å². The highest BCUT2D eigenvalue weighted by molar-refractivity contribution is 5.99. The van der Waals surface area contributed by atoms with Crippen LogP contribution in [-0.2, 0) is 16.1 Å². The van der Waals surface area contributed by atoms with Gasteiger partial charge in [-0.1, -0.05) is 19.1 Å². The molecule has 0 spiro atoms. The molecule has 0 aliphatic carbocycles. The van der Waals surface area contributed by atoms with Gasteiger partial charge in [0.15, 0.2) is 12.4 Å². The van der Waals surface area contributed by atoms with Crippen molar-refractivity contribution >= 4 is 23.3 Å². The smallest absolute Gasteiger partial charge is 0.258 e. The van der Waals surface area contributed by atoms with Gasteiger partial charge in [0.1, 0.15) is 11.5 Å². The van der Waals surface area contributed by atoms with Gasteiger partial charge in [0.05, 0.1) is 12.7 Å². The van der Waals surface area contributed by atoms with Crippen LogP contribution in [0.15, 0.2) is 42.5 Å². The zero-order chi connectivity index (χ0) is 21.2. The largest absolute Gasteiger partial charge is 0.497 e. The van der Waals surface area contributed by atoms with Gasteiger partial charge in [-0.05, 0) is 49.2 Å². The SMILES string of the molecule is CCCC(=O)Nc1ccc(OCC(=O)NCc2ccc(OC)cc2)c(C(C)=O)c1. The number of nitrogens with one attached hydrogen (secondary N) is 2. The number of hydrogen-bond acceptors (Lipinski definition) is 5. The minimum Gasteiger partial charge on any atom is -0.497 e. The summed E-state index contributed by atoms with van der Waals surface area (Å²) in [5.41, 5.74) is 1.75. The molecular formula is C22H26N2O5. The third-order valence-corrected chi connectivity index (χ3v) is 4.13. The summed E-state index contributed by atoms with van der Waals surface area (Å²) >= 11 is 0. The average molecular weight is 398 g/mol. The van der Waals surface area contributed by atoms with E-state index in [4.69, 9.17) is 9.47 Å². The number of methoxy groups -OCH3 is 1. The molecule has 0 bridgehead atoms. The Morgan fingerprint density at radius 2 is 1.72 bits per heavy atom. The number of rotatable bonds is 10. The van der Waals surface area contributed by atoms with Crippen LogP contribution in [-0.4, -0.2) is 31.3 Å². The van der Waals surface area contributed by atoms with E-state index in [9.17, 15) is 14.4 Å². The van der Waals surface area contributed by atoms with Crippen molar-refractivity contribution < 1.29 is 23.9 Å². The molecule has 154 valence electrons. The highest BCUT2D eigenvalue weighted by atomic mass is 16.5. The maximum atomic E-state index is 12.1. The van der Waals surface area contributed by atoms with Crippen LogP contribution >= 0.6 is 0 Å². The van der Waals surface area contributed by atoms with Gasteiger partial charge in [-0.3, -0.25) is 14.4 Å². The van der Waals surface area contributed by atoms with E-state index in [2.05, 4.69) is 10.6 Å². The Hall–Kier alpha value is -3.35. The van der Waals surface area contributed by atoms with Gasteiger partial charge in [-0.2, -0.15) is 0 Å². The van der Waals surface area contributed by atoms with Crippen LogP contribution in [0.2, 0.25) is 0 Å². The van der Waals surface area contributed by atoms with Crippen molar-refractivity contribution in [1.29, 1.82) is 0 Å². The second-order valence-electron chi connectivity index (χ2n) is 6.48. The topological polar surface area (TPSA) is 93.7 Å². The standard InChI is InChI=1S/C22H26N2O5/c1-4-5-21(26)24-17-8-11-20(19(12-17)15(2)25)29-14-22(27)23-13-16-6-9-18(28-3)10-7-16/h6-12H,4-5,13-14H2,1-3H3,(H,23,27)(H,24,26). The van der Waals surface area contributed by atoms with E-state index in [1.54, 1.807) is 25.3 Å². The number of hydrogen-bond donors (Lipinski definition) is 2. The average Bonchev–Trinajstić information content (AvgIpc) is 2.71. The fourth-order valence-electron chi connectivity index (χ4n) is 2.60. The summed E-state index contributed by atoms with van der Waals surface area (Å²) < 4.78 is 10.6. The zero-order valence-corrected chi connectivity index (χ0v) is 16.9. The Balaban J connectivity index is 1.93. The van der Waals surface area contributed by atoms with E-state index in [0.717, 1.165) is 17.7 Å². The van der Waals surface area contributed by atoms with E-state index in [1.165, 1.54) is 6.92 Å². The van der Waals surface area contributed by atoms with Crippen molar-refractivity contribution in [3.8, 4) is 11.5 Å². The molecule has 0 atom stereocenters. The molecule has 0 fully saturated rings. The second-order valence-corrected chi connectivity index (χ2v) is 6.48. The number of carbonyl (C=O) groups is 3. The highest BCUT2D eigenvalue weighted by Crippen LogP contribution is 2.24. The van der Waals surface area contributed by atoms with Gasteiger partial charge in [-0.15, -0.1) is 0 Å². The van der Waals surface area contributed by atoms with Gasteiger partial charge in [0, 0.05) is 18.7 Å². The van der Waals surface area contributed by atoms with Crippen LogP contribution in [0.25, 0.3) is 0 Å². The third kappa shape index (κ3) is 6.95. The molecule has 0 aliphatic rings. The molecule has 0 saturated heterocycles. The van der Waals surface area contributed by atoms with Crippen LogP contribution in [0.3, 0.4) is 0 Å². The summed E-state index contributed by atoms with van der Waals surface area (Å²) in [6.45, 7) is 3.45. The van der Waals surface area contributed by atoms with Crippen molar-refractivity contribution in [3.05, 3.63) is 53.6 Å². The second kappa shape index (κ2) is 10.8. The molecule has 29 heavy (non-hydrogen) atoms. The maximum Gasteiger partial charge on any atom is 0.258 e. The fraction of sp³-hybridized carbons (Fsp3) is 0.318. The quantitative estimate of drug-likeness (QED) is 0.599. The normalized spacial score (nSPS) is 10.2. The minimum absolute atomic E-state index is 0.117. The van der Waals surface area contributed by atoms with Crippen molar-refractivity contribution in [2.75, 3.05) is 19.0 Å². The number of amides is 2. The molecule has 0 heterocycles. The molecule has 2 rings (SSSR count). The molecule has 0 unspecified atom stereocenters. The number of benzene rings is 2. The molecule has 0 aliphatic heterocycles. The monoisotopic (exact) mass is 398 g/mol. The first-order valence-corrected chi connectivity index (χ1v) is 9.40. The molecular weight excluding hydrogens is 372 g/mol. The van der Waals surface area contributed by atoms with Crippen LogP contribution in [0.1, 0.15) is 42.6 Å². The third-order valence-electron chi connectivity index (χ3n) is 4.13. The molecule has 7 heteroatoms. The fourth-order valence-corrected chi connectivity index (χ4v) is 2.60. The first-order valence-electron chi connectivity index (χ1n) is 9.40. The van der Waals surface area contributed by atoms with Gasteiger partial charge >= 0.3 is 0 Å². The van der Waals surface area contributed by atoms with Crippen LogP contribution in [0, 0.1) is 0 Å². The highest BCUT2D eigenvalue weighted by Gasteiger charge is 2.13. The predicted molar refractivity (Wildman–Crippen MR) is 110 cm³/mol. The summed E-state index contributed by atoms with van der Waals surface area (Å²) in [7, 11) is 1.59. The minimum atomic E-state index is -0.310. The van der Waals surface area contributed by atoms with Crippen molar-refractivity contribution in [2.45, 2.75) is 33.2 Å². The molecule has 2 N–H and O–H groups in total. The van der Waals surface area contributed by atoms with E-state index in [1.807, 2.05) is 31.2 Å². The van der Waals surface area contributed by atoms with E-state index < -0.39 is 0 Å². The molecule has 0 radical (unpaired) electrons. The van der Waals surface area contributed by atoms with Gasteiger partial charge in [0.2, 0.25) is 5.91 Å². The maximum absolute atomic E-state index is 12.1. The van der Waals surface area contributed by atoms with Gasteiger partial charge in [0.25, 0.3) is 5.91 Å². The first kappa shape index (κ1) is 21.9. The predicted octanol–water partition coefficient (Wildman–Crippen LogP) is 3.33. The number of anilines is 1. The number of Topliss-reactive ketones (excluding diaryl/α,β-unsaturated/α-hetero) is 1. The number of carbonyl (C=O) groups excluding carboxylic acids is 3. The van der Waals surface area contributed by atoms with E-state index >= 15 is 0 Å². The summed E-state index contributed by atoms with van der Waals surface area (Å²) in [5.74, 6) is 0.398. The van der Waals surface area contributed by atoms with Crippen LogP contribution < -0.4 is 20.1 Å². The van der Waals surface area contributed by atoms with Crippen molar-refractivity contribution in [3.63, 3.8) is 0 Å². The molecule has 2 amide bonds. The van der Waals surface area contributed by atoms with E-state index in [0.29, 0.717) is 30.0 Å². The van der Waals surface area contributed by atoms with E-state index in [-0.39, 0.29) is 24.2 Å². The Bertz CT molecular complexity index is 862. The van der Waals surface area contributed by atoms with Gasteiger partial charge < -0.3 is 20.1 Å². The van der Waals surface area contributed by atoms with Crippen molar-refractivity contribution in [2.24, 2.45) is 0 Å². The summed E-state index contributed by atoms with van der Waals surface area (Å²) in [6.07, 6.45) is 1.14. The molecule has 0 saturated carbocycles. The van der Waals surface area contributed by atoms with Crippen molar-refractivity contribution in [1.82, 2.24) is 5.32 Å². The number of ketones is 1. The number of ether oxygens (including phenoxy) is 2. The lowest BCUT2D eigenvalue weighted by molar-refractivity contribution is -0.123. The summed E-state index contributed by atoms with van der Waals surface area (Å²) in [5, 5.41) is 5.50. The van der Waals surface area contributed by atoms with Crippen LogP contribution in [0.4, 0.5) is 5.69 Å². The molecule has 2 aromatic carbocycles. The molecule has 7 nitrogen and oxygen atoms in total. The Morgan fingerprint density at radius 3 is 2.34 bits per heavy atom. The lowest BCUT2D eigenvalue weighted by Gasteiger charge is -2.12. The first-order chi connectivity index (χ1) is 13.9. The molecule has 0 aromatic heterocycles. The lowest BCUT2D eigenvalue weighted by Crippen LogP contribution is -2.28. The lowest BCUT2D eigenvalue weighted by atomic mass is 10.1. The Morgan fingerprint density at radius 1 is 1.00 bits per heavy atom. The Kier molecular flexibility index (Phi) is 8.21.